The quantitative estimate of drug-likeness (QED) is 0.306. The average molecular weight is 467 g/mol. The van der Waals surface area contributed by atoms with Crippen LogP contribution in [0, 0.1) is 10.1 Å². The van der Waals surface area contributed by atoms with Gasteiger partial charge in [-0.25, -0.2) is 18.0 Å². The first-order valence-corrected chi connectivity index (χ1v) is 10.4. The number of hydroxylamine groups is 1. The molecule has 3 N–H and O–H groups in total. The molecule has 1 aromatic carbocycles. The molecule has 2 heterocycles. The van der Waals surface area contributed by atoms with E-state index in [0.29, 0.717) is 9.37 Å². The molecule has 0 bridgehead atoms. The van der Waals surface area contributed by atoms with Crippen LogP contribution in [0.15, 0.2) is 47.7 Å². The lowest BCUT2D eigenvalue weighted by Crippen LogP contribution is -2.49. The third kappa shape index (κ3) is 3.97. The van der Waals surface area contributed by atoms with E-state index in [0.717, 1.165) is 30.5 Å². The molecule has 1 aliphatic heterocycles. The second-order valence-electron chi connectivity index (χ2n) is 6.52. The Bertz CT molecular complexity index is 1180. The van der Waals surface area contributed by atoms with Gasteiger partial charge in [-0.3, -0.25) is 20.1 Å². The lowest BCUT2D eigenvalue weighted by Gasteiger charge is -2.38. The molecule has 0 saturated carbocycles. The van der Waals surface area contributed by atoms with Crippen LogP contribution in [0.2, 0.25) is 0 Å². The number of nitrogens with one attached hydrogen (secondary N) is 1. The van der Waals surface area contributed by atoms with Crippen LogP contribution in [-0.4, -0.2) is 61.7 Å². The lowest BCUT2D eigenvalue weighted by atomic mass is 9.97. The van der Waals surface area contributed by atoms with Crippen molar-refractivity contribution in [3.8, 4) is 0 Å². The van der Waals surface area contributed by atoms with Crippen molar-refractivity contribution < 1.29 is 38.0 Å². The normalized spacial score (nSPS) is 18.5. The summed E-state index contributed by atoms with van der Waals surface area (Å²) in [6, 6.07) is 1.06. The van der Waals surface area contributed by atoms with Gasteiger partial charge >= 0.3 is 12.1 Å². The molecule has 15 heteroatoms. The Hall–Kier alpha value is -3.98. The molecule has 3 rings (SSSR count). The van der Waals surface area contributed by atoms with Gasteiger partial charge in [0, 0.05) is 24.2 Å². The molecule has 1 aliphatic rings. The summed E-state index contributed by atoms with van der Waals surface area (Å²) < 4.78 is 27.2. The average Bonchev–Trinajstić information content (AvgIpc) is 3.22. The first kappa shape index (κ1) is 22.7. The fourth-order valence-corrected chi connectivity index (χ4v) is 4.59. The van der Waals surface area contributed by atoms with Gasteiger partial charge < -0.3 is 15.1 Å². The molecule has 0 aliphatic carbocycles. The molecule has 1 aromatic heterocycles. The number of hydrogen-bond acceptors (Lipinski definition) is 8. The predicted molar refractivity (Wildman–Crippen MR) is 104 cm³/mol. The zero-order valence-electron chi connectivity index (χ0n) is 16.4. The SMILES string of the molecule is C/C=C/ON(C1CN(C(=O)O)C(C(=O)O)c2[nH]ncc21)S(=O)(=O)c1ccc([N+](=O)[O-])cc1. The van der Waals surface area contributed by atoms with Gasteiger partial charge in [-0.2, -0.15) is 5.10 Å². The molecule has 1 amide bonds. The minimum absolute atomic E-state index is 0.102. The number of nitrogens with zero attached hydrogens (tertiary/aromatic N) is 4. The summed E-state index contributed by atoms with van der Waals surface area (Å²) >= 11 is 0. The molecule has 2 aromatic rings. The number of nitro benzene ring substituents is 1. The number of hydrogen-bond donors (Lipinski definition) is 3. The Balaban J connectivity index is 2.12. The van der Waals surface area contributed by atoms with E-state index in [-0.39, 0.29) is 21.8 Å². The third-order valence-electron chi connectivity index (χ3n) is 4.63. The number of carboxylic acid groups (broad SMARTS) is 2. The van der Waals surface area contributed by atoms with Gasteiger partial charge in [-0.05, 0) is 23.5 Å². The van der Waals surface area contributed by atoms with Crippen molar-refractivity contribution in [2.75, 3.05) is 6.54 Å². The second-order valence-corrected chi connectivity index (χ2v) is 8.30. The van der Waals surface area contributed by atoms with Crippen molar-refractivity contribution in [2.45, 2.75) is 23.9 Å². The number of sulfonamides is 1. The summed E-state index contributed by atoms with van der Waals surface area (Å²) in [4.78, 5) is 39.1. The van der Waals surface area contributed by atoms with Crippen LogP contribution in [-0.2, 0) is 19.7 Å². The number of amides is 1. The number of carboxylic acids is 1. The molecular weight excluding hydrogens is 450 g/mol. The summed E-state index contributed by atoms with van der Waals surface area (Å²) in [5.41, 5.74) is -0.352. The van der Waals surface area contributed by atoms with Crippen LogP contribution in [0.25, 0.3) is 0 Å². The van der Waals surface area contributed by atoms with Crippen molar-refractivity contribution in [3.05, 3.63) is 64.2 Å². The minimum atomic E-state index is -4.49. The molecule has 2 unspecified atom stereocenters. The number of aliphatic carboxylic acids is 1. The fraction of sp³-hybridized carbons (Fsp3) is 0.235. The molecule has 0 saturated heterocycles. The van der Waals surface area contributed by atoms with Gasteiger partial charge in [0.05, 0.1) is 21.7 Å². The highest BCUT2D eigenvalue weighted by Gasteiger charge is 2.47. The number of rotatable bonds is 7. The summed E-state index contributed by atoms with van der Waals surface area (Å²) in [5.74, 6) is -1.48. The Morgan fingerprint density at radius 2 is 2.00 bits per heavy atom. The molecule has 14 nitrogen and oxygen atoms in total. The zero-order valence-corrected chi connectivity index (χ0v) is 17.2. The van der Waals surface area contributed by atoms with Crippen LogP contribution in [0.1, 0.15) is 30.3 Å². The topological polar surface area (TPSA) is 196 Å². The van der Waals surface area contributed by atoms with Crippen LogP contribution in [0.4, 0.5) is 10.5 Å². The predicted octanol–water partition coefficient (Wildman–Crippen LogP) is 1.63. The first-order valence-electron chi connectivity index (χ1n) is 8.92. The number of H-pyrrole nitrogens is 1. The standard InChI is InChI=1S/C17H17N5O9S/c1-2-7-31-22(32(29,30)11-5-3-10(4-6-11)21(27)28)13-9-20(17(25)26)15(16(23)24)14-12(13)8-18-19-14/h2-8,13,15H,9H2,1H3,(H,18,19)(H,23,24)(H,25,26)/b7-2+. The van der Waals surface area contributed by atoms with Gasteiger partial charge in [0.1, 0.15) is 12.3 Å². The maximum absolute atomic E-state index is 13.3. The van der Waals surface area contributed by atoms with Gasteiger partial charge in [-0.1, -0.05) is 6.08 Å². The van der Waals surface area contributed by atoms with Gasteiger partial charge in [0.2, 0.25) is 0 Å². The van der Waals surface area contributed by atoms with E-state index in [9.17, 15) is 38.3 Å². The molecule has 0 radical (unpaired) electrons. The third-order valence-corrected chi connectivity index (χ3v) is 6.31. The van der Waals surface area contributed by atoms with Crippen molar-refractivity contribution >= 4 is 27.8 Å². The van der Waals surface area contributed by atoms with Crippen LogP contribution < -0.4 is 0 Å². The molecule has 0 spiro atoms. The Morgan fingerprint density at radius 3 is 2.53 bits per heavy atom. The van der Waals surface area contributed by atoms with E-state index in [1.54, 1.807) is 6.92 Å². The summed E-state index contributed by atoms with van der Waals surface area (Å²) in [5, 5.41) is 36.1. The highest BCUT2D eigenvalue weighted by molar-refractivity contribution is 7.89. The maximum atomic E-state index is 13.3. The Morgan fingerprint density at radius 1 is 1.34 bits per heavy atom. The van der Waals surface area contributed by atoms with Crippen molar-refractivity contribution in [2.24, 2.45) is 0 Å². The van der Waals surface area contributed by atoms with Gasteiger partial charge in [0.25, 0.3) is 15.7 Å². The second kappa shape index (κ2) is 8.64. The first-order chi connectivity index (χ1) is 15.1. The molecule has 2 atom stereocenters. The Labute approximate surface area is 180 Å². The monoisotopic (exact) mass is 467 g/mol. The lowest BCUT2D eigenvalue weighted by molar-refractivity contribution is -0.384. The van der Waals surface area contributed by atoms with E-state index >= 15 is 0 Å². The van der Waals surface area contributed by atoms with Crippen LogP contribution in [0.5, 0.6) is 0 Å². The molecule has 32 heavy (non-hydrogen) atoms. The molecule has 170 valence electrons. The van der Waals surface area contributed by atoms with Crippen molar-refractivity contribution in [1.29, 1.82) is 0 Å². The number of non-ortho nitro benzene ring substituents is 1. The zero-order chi connectivity index (χ0) is 23.6. The number of allylic oxidation sites excluding steroid dienone is 1. The number of carbonyl (C=O) groups is 2. The van der Waals surface area contributed by atoms with E-state index in [4.69, 9.17) is 4.84 Å². The Kier molecular flexibility index (Phi) is 6.13. The number of aromatic nitrogens is 2. The maximum Gasteiger partial charge on any atom is 0.408 e. The van der Waals surface area contributed by atoms with E-state index in [1.807, 2.05) is 0 Å². The number of benzene rings is 1. The van der Waals surface area contributed by atoms with E-state index in [2.05, 4.69) is 10.2 Å². The summed E-state index contributed by atoms with van der Waals surface area (Å²) in [6.07, 6.45) is 2.01. The van der Waals surface area contributed by atoms with Crippen LogP contribution in [0.3, 0.4) is 0 Å². The summed E-state index contributed by atoms with van der Waals surface area (Å²) in [6.45, 7) is 0.966. The smallest absolute Gasteiger partial charge is 0.408 e. The minimum Gasteiger partial charge on any atom is -0.479 e. The number of nitro groups is 1. The number of aromatic amines is 1. The van der Waals surface area contributed by atoms with Gasteiger partial charge in [0.15, 0.2) is 6.04 Å². The fourth-order valence-electron chi connectivity index (χ4n) is 3.22. The molecule has 0 fully saturated rings. The number of fused-ring (bicyclic) bond motifs is 1. The summed E-state index contributed by atoms with van der Waals surface area (Å²) in [7, 11) is -4.49. The highest BCUT2D eigenvalue weighted by Crippen LogP contribution is 2.39. The highest BCUT2D eigenvalue weighted by atomic mass is 32.2. The van der Waals surface area contributed by atoms with Gasteiger partial charge in [-0.15, -0.1) is 0 Å². The largest absolute Gasteiger partial charge is 0.479 e. The van der Waals surface area contributed by atoms with Crippen molar-refractivity contribution in [3.63, 3.8) is 0 Å². The van der Waals surface area contributed by atoms with E-state index < -0.39 is 45.6 Å². The molecular formula is C17H17N5O9S. The van der Waals surface area contributed by atoms with E-state index in [1.165, 1.54) is 12.3 Å². The van der Waals surface area contributed by atoms with Crippen LogP contribution >= 0.6 is 0 Å². The van der Waals surface area contributed by atoms with Crippen molar-refractivity contribution in [1.82, 2.24) is 19.6 Å².